The Kier molecular flexibility index (Phi) is 4.70. The highest BCUT2D eigenvalue weighted by Gasteiger charge is 2.13. The monoisotopic (exact) mass is 324 g/mol. The van der Waals surface area contributed by atoms with Gasteiger partial charge in [0, 0.05) is 18.1 Å². The number of para-hydroxylation sites is 1. The van der Waals surface area contributed by atoms with Gasteiger partial charge in [0.05, 0.1) is 18.2 Å². The van der Waals surface area contributed by atoms with Gasteiger partial charge >= 0.3 is 0 Å². The Morgan fingerprint density at radius 3 is 2.88 bits per heavy atom. The number of rotatable bonds is 5. The number of aromatic nitrogens is 1. The molecule has 5 heteroatoms. The molecule has 0 aliphatic rings. The highest BCUT2D eigenvalue weighted by molar-refractivity contribution is 5.97. The van der Waals surface area contributed by atoms with E-state index in [-0.39, 0.29) is 11.5 Å². The minimum Gasteiger partial charge on any atom is -0.496 e. The molecule has 0 spiro atoms. The molecule has 2 aromatic carbocycles. The fraction of sp³-hybridized carbons (Fsp3) is 0.158. The summed E-state index contributed by atoms with van der Waals surface area (Å²) in [6.07, 6.45) is 2.39. The number of methoxy groups -OCH3 is 1. The van der Waals surface area contributed by atoms with Crippen LogP contribution in [0.1, 0.15) is 15.9 Å². The molecule has 1 amide bonds. The standard InChI is InChI=1S/C19H17FN2O2/c1-24-17-8-7-15(20)12-16(17)19(23)22-11-9-14-5-2-4-13-6-3-10-21-18(13)14/h2-8,10,12H,9,11H2,1H3,(H,22,23). The van der Waals surface area contributed by atoms with Gasteiger partial charge < -0.3 is 10.1 Å². The van der Waals surface area contributed by atoms with Gasteiger partial charge in [-0.3, -0.25) is 9.78 Å². The maximum absolute atomic E-state index is 13.4. The smallest absolute Gasteiger partial charge is 0.255 e. The number of benzene rings is 2. The second kappa shape index (κ2) is 7.08. The summed E-state index contributed by atoms with van der Waals surface area (Å²) in [5.74, 6) is -0.487. The second-order valence-corrected chi connectivity index (χ2v) is 5.34. The van der Waals surface area contributed by atoms with Crippen LogP contribution in [0.2, 0.25) is 0 Å². The largest absolute Gasteiger partial charge is 0.496 e. The quantitative estimate of drug-likeness (QED) is 0.783. The molecule has 0 bridgehead atoms. The first-order valence-corrected chi connectivity index (χ1v) is 7.63. The number of ether oxygens (including phenoxy) is 1. The predicted molar refractivity (Wildman–Crippen MR) is 90.7 cm³/mol. The van der Waals surface area contributed by atoms with Gasteiger partial charge in [-0.25, -0.2) is 4.39 Å². The molecule has 0 unspecified atom stereocenters. The average molecular weight is 324 g/mol. The SMILES string of the molecule is COc1ccc(F)cc1C(=O)NCCc1cccc2cccnc12. The van der Waals surface area contributed by atoms with Crippen LogP contribution in [-0.4, -0.2) is 24.5 Å². The maximum Gasteiger partial charge on any atom is 0.255 e. The summed E-state index contributed by atoms with van der Waals surface area (Å²) >= 11 is 0. The first-order chi connectivity index (χ1) is 11.7. The topological polar surface area (TPSA) is 51.2 Å². The van der Waals surface area contributed by atoms with E-state index in [0.29, 0.717) is 18.7 Å². The van der Waals surface area contributed by atoms with E-state index in [1.165, 1.54) is 25.3 Å². The molecule has 0 saturated heterocycles. The number of nitrogens with zero attached hydrogens (tertiary/aromatic N) is 1. The summed E-state index contributed by atoms with van der Waals surface area (Å²) in [6, 6.07) is 13.7. The van der Waals surface area contributed by atoms with Gasteiger partial charge in [-0.2, -0.15) is 0 Å². The summed E-state index contributed by atoms with van der Waals surface area (Å²) in [6.45, 7) is 0.425. The number of halogens is 1. The number of pyridine rings is 1. The molecule has 3 aromatic rings. The number of carbonyl (C=O) groups is 1. The molecule has 0 saturated carbocycles. The van der Waals surface area contributed by atoms with E-state index in [4.69, 9.17) is 4.74 Å². The third-order valence-corrected chi connectivity index (χ3v) is 3.80. The summed E-state index contributed by atoms with van der Waals surface area (Å²) < 4.78 is 18.5. The molecular weight excluding hydrogens is 307 g/mol. The van der Waals surface area contributed by atoms with Crippen molar-refractivity contribution in [3.63, 3.8) is 0 Å². The minimum absolute atomic E-state index is 0.188. The van der Waals surface area contributed by atoms with Crippen molar-refractivity contribution in [3.8, 4) is 5.75 Å². The molecule has 3 rings (SSSR count). The van der Waals surface area contributed by atoms with Crippen LogP contribution < -0.4 is 10.1 Å². The van der Waals surface area contributed by atoms with E-state index in [0.717, 1.165) is 16.5 Å². The molecule has 24 heavy (non-hydrogen) atoms. The molecule has 0 fully saturated rings. The van der Waals surface area contributed by atoms with Gasteiger partial charge in [-0.15, -0.1) is 0 Å². The van der Waals surface area contributed by atoms with Crippen LogP contribution in [0.3, 0.4) is 0 Å². The maximum atomic E-state index is 13.4. The van der Waals surface area contributed by atoms with E-state index < -0.39 is 5.82 Å². The normalized spacial score (nSPS) is 10.6. The Bertz CT molecular complexity index is 875. The van der Waals surface area contributed by atoms with Crippen molar-refractivity contribution < 1.29 is 13.9 Å². The number of fused-ring (bicyclic) bond motifs is 1. The number of amides is 1. The Balaban J connectivity index is 1.70. The number of nitrogens with one attached hydrogen (secondary N) is 1. The van der Waals surface area contributed by atoms with Crippen LogP contribution in [0.5, 0.6) is 5.75 Å². The van der Waals surface area contributed by atoms with Crippen molar-refractivity contribution in [2.45, 2.75) is 6.42 Å². The molecule has 4 nitrogen and oxygen atoms in total. The Hall–Kier alpha value is -2.95. The summed E-state index contributed by atoms with van der Waals surface area (Å²) in [4.78, 5) is 16.7. The molecule has 0 radical (unpaired) electrons. The molecule has 1 aromatic heterocycles. The molecule has 0 aliphatic heterocycles. The summed E-state index contributed by atoms with van der Waals surface area (Å²) in [5.41, 5.74) is 2.17. The van der Waals surface area contributed by atoms with Crippen LogP contribution in [-0.2, 0) is 6.42 Å². The molecule has 1 heterocycles. The lowest BCUT2D eigenvalue weighted by molar-refractivity contribution is 0.0950. The van der Waals surface area contributed by atoms with Crippen LogP contribution in [0.25, 0.3) is 10.9 Å². The van der Waals surface area contributed by atoms with Crippen molar-refractivity contribution in [1.29, 1.82) is 0 Å². The zero-order valence-corrected chi connectivity index (χ0v) is 13.3. The highest BCUT2D eigenvalue weighted by atomic mass is 19.1. The number of carbonyl (C=O) groups excluding carboxylic acids is 1. The Morgan fingerprint density at radius 2 is 2.04 bits per heavy atom. The van der Waals surface area contributed by atoms with Gasteiger partial charge in [0.15, 0.2) is 0 Å². The first-order valence-electron chi connectivity index (χ1n) is 7.63. The summed E-state index contributed by atoms with van der Waals surface area (Å²) in [7, 11) is 1.45. The first kappa shape index (κ1) is 15.9. The molecular formula is C19H17FN2O2. The van der Waals surface area contributed by atoms with Gasteiger partial charge in [0.1, 0.15) is 11.6 Å². The number of hydrogen-bond acceptors (Lipinski definition) is 3. The molecule has 0 atom stereocenters. The van der Waals surface area contributed by atoms with Crippen molar-refractivity contribution >= 4 is 16.8 Å². The lowest BCUT2D eigenvalue weighted by Gasteiger charge is -2.10. The van der Waals surface area contributed by atoms with Crippen molar-refractivity contribution in [3.05, 3.63) is 71.7 Å². The zero-order valence-electron chi connectivity index (χ0n) is 13.3. The van der Waals surface area contributed by atoms with Crippen molar-refractivity contribution in [2.24, 2.45) is 0 Å². The van der Waals surface area contributed by atoms with E-state index >= 15 is 0 Å². The predicted octanol–water partition coefficient (Wildman–Crippen LogP) is 3.36. The third kappa shape index (κ3) is 3.35. The Morgan fingerprint density at radius 1 is 1.21 bits per heavy atom. The summed E-state index contributed by atoms with van der Waals surface area (Å²) in [5, 5.41) is 3.86. The van der Waals surface area contributed by atoms with Crippen LogP contribution in [0, 0.1) is 5.82 Å². The van der Waals surface area contributed by atoms with Gasteiger partial charge in [0.25, 0.3) is 5.91 Å². The lowest BCUT2D eigenvalue weighted by atomic mass is 10.1. The molecule has 0 aliphatic carbocycles. The number of hydrogen-bond donors (Lipinski definition) is 1. The molecule has 1 N–H and O–H groups in total. The van der Waals surface area contributed by atoms with Crippen LogP contribution in [0.4, 0.5) is 4.39 Å². The van der Waals surface area contributed by atoms with Gasteiger partial charge in [-0.1, -0.05) is 24.3 Å². The Labute approximate surface area is 139 Å². The molecule has 122 valence electrons. The van der Waals surface area contributed by atoms with Crippen molar-refractivity contribution in [2.75, 3.05) is 13.7 Å². The fourth-order valence-electron chi connectivity index (χ4n) is 2.63. The fourth-order valence-corrected chi connectivity index (χ4v) is 2.63. The lowest BCUT2D eigenvalue weighted by Crippen LogP contribution is -2.26. The van der Waals surface area contributed by atoms with Crippen LogP contribution in [0.15, 0.2) is 54.7 Å². The van der Waals surface area contributed by atoms with E-state index in [9.17, 15) is 9.18 Å². The van der Waals surface area contributed by atoms with E-state index in [1.54, 1.807) is 6.20 Å². The third-order valence-electron chi connectivity index (χ3n) is 3.80. The highest BCUT2D eigenvalue weighted by Crippen LogP contribution is 2.19. The van der Waals surface area contributed by atoms with E-state index in [1.807, 2.05) is 30.3 Å². The van der Waals surface area contributed by atoms with Gasteiger partial charge in [0.2, 0.25) is 0 Å². The van der Waals surface area contributed by atoms with E-state index in [2.05, 4.69) is 10.3 Å². The zero-order chi connectivity index (χ0) is 16.9. The van der Waals surface area contributed by atoms with Crippen LogP contribution >= 0.6 is 0 Å². The second-order valence-electron chi connectivity index (χ2n) is 5.34. The minimum atomic E-state index is -0.473. The average Bonchev–Trinajstić information content (AvgIpc) is 2.61. The van der Waals surface area contributed by atoms with Crippen molar-refractivity contribution in [1.82, 2.24) is 10.3 Å². The van der Waals surface area contributed by atoms with Gasteiger partial charge in [-0.05, 0) is 36.2 Å².